The van der Waals surface area contributed by atoms with Crippen molar-refractivity contribution in [2.24, 2.45) is 5.92 Å². The quantitative estimate of drug-likeness (QED) is 0.824. The first-order chi connectivity index (χ1) is 9.28. The van der Waals surface area contributed by atoms with Gasteiger partial charge in [-0.2, -0.15) is 0 Å². The van der Waals surface area contributed by atoms with E-state index >= 15 is 0 Å². The second-order valence-corrected chi connectivity index (χ2v) is 6.43. The lowest BCUT2D eigenvalue weighted by Crippen LogP contribution is -2.58. The van der Waals surface area contributed by atoms with E-state index in [0.29, 0.717) is 0 Å². The van der Waals surface area contributed by atoms with Crippen molar-refractivity contribution in [3.05, 3.63) is 0 Å². The van der Waals surface area contributed by atoms with Gasteiger partial charge in [-0.05, 0) is 45.2 Å². The van der Waals surface area contributed by atoms with Gasteiger partial charge in [0.15, 0.2) is 0 Å². The molecule has 3 nitrogen and oxygen atoms in total. The maximum atomic E-state index is 3.58. The van der Waals surface area contributed by atoms with E-state index in [1.54, 1.807) is 0 Å². The molecule has 3 heteroatoms. The molecule has 0 amide bonds. The predicted molar refractivity (Wildman–Crippen MR) is 82.6 cm³/mol. The van der Waals surface area contributed by atoms with Crippen LogP contribution in [0.2, 0.25) is 0 Å². The van der Waals surface area contributed by atoms with Crippen LogP contribution < -0.4 is 5.32 Å². The van der Waals surface area contributed by atoms with Gasteiger partial charge < -0.3 is 10.2 Å². The number of nitrogens with one attached hydrogen (secondary N) is 1. The Morgan fingerprint density at radius 2 is 1.79 bits per heavy atom. The third-order valence-electron chi connectivity index (χ3n) is 5.29. The summed E-state index contributed by atoms with van der Waals surface area (Å²) >= 11 is 0. The monoisotopic (exact) mass is 267 g/mol. The van der Waals surface area contributed by atoms with Crippen molar-refractivity contribution in [1.82, 2.24) is 15.1 Å². The molecule has 3 atom stereocenters. The molecule has 1 aliphatic heterocycles. The summed E-state index contributed by atoms with van der Waals surface area (Å²) in [6, 6.07) is 1.51. The first-order valence-electron chi connectivity index (χ1n) is 8.42. The minimum absolute atomic E-state index is 0.723. The molecule has 1 saturated heterocycles. The van der Waals surface area contributed by atoms with E-state index in [9.17, 15) is 0 Å². The van der Waals surface area contributed by atoms with Gasteiger partial charge in [0.05, 0.1) is 0 Å². The van der Waals surface area contributed by atoms with Crippen LogP contribution in [-0.4, -0.2) is 61.7 Å². The maximum absolute atomic E-state index is 3.58. The van der Waals surface area contributed by atoms with E-state index in [0.717, 1.165) is 18.0 Å². The van der Waals surface area contributed by atoms with Crippen molar-refractivity contribution in [3.8, 4) is 0 Å². The second-order valence-electron chi connectivity index (χ2n) is 6.43. The number of likely N-dealkylation sites (N-methyl/N-ethyl adjacent to an activating group) is 1. The molecule has 0 radical (unpaired) electrons. The van der Waals surface area contributed by atoms with Gasteiger partial charge in [-0.1, -0.05) is 20.3 Å². The third kappa shape index (κ3) is 3.93. The summed E-state index contributed by atoms with van der Waals surface area (Å²) in [5.74, 6) is 0.961. The highest BCUT2D eigenvalue weighted by atomic mass is 15.3. The van der Waals surface area contributed by atoms with Crippen molar-refractivity contribution in [1.29, 1.82) is 0 Å². The van der Waals surface area contributed by atoms with Crippen LogP contribution in [-0.2, 0) is 0 Å². The van der Waals surface area contributed by atoms with Crippen LogP contribution in [0.5, 0.6) is 0 Å². The van der Waals surface area contributed by atoms with Crippen molar-refractivity contribution < 1.29 is 0 Å². The van der Waals surface area contributed by atoms with E-state index in [1.807, 2.05) is 0 Å². The molecule has 19 heavy (non-hydrogen) atoms. The Kier molecular flexibility index (Phi) is 6.11. The molecule has 112 valence electrons. The van der Waals surface area contributed by atoms with E-state index in [1.165, 1.54) is 64.8 Å². The smallest absolute Gasteiger partial charge is 0.0252 e. The number of piperazine rings is 1. The Morgan fingerprint density at radius 1 is 1.05 bits per heavy atom. The Morgan fingerprint density at radius 3 is 2.37 bits per heavy atom. The van der Waals surface area contributed by atoms with Gasteiger partial charge in [0.25, 0.3) is 0 Å². The zero-order valence-electron chi connectivity index (χ0n) is 13.2. The zero-order valence-corrected chi connectivity index (χ0v) is 13.2. The molecular weight excluding hydrogens is 234 g/mol. The summed E-state index contributed by atoms with van der Waals surface area (Å²) < 4.78 is 0. The lowest BCUT2D eigenvalue weighted by Gasteiger charge is -2.46. The molecule has 2 rings (SSSR count). The van der Waals surface area contributed by atoms with E-state index in [2.05, 4.69) is 36.0 Å². The van der Waals surface area contributed by atoms with Crippen molar-refractivity contribution in [3.63, 3.8) is 0 Å². The normalized spacial score (nSPS) is 34.6. The van der Waals surface area contributed by atoms with Gasteiger partial charge in [0.1, 0.15) is 0 Å². The van der Waals surface area contributed by atoms with Crippen LogP contribution in [0.1, 0.15) is 46.0 Å². The standard InChI is InChI=1S/C16H33N3/c1-4-8-18-9-11-19(12-10-18)16-13-14(5-2)6-7-15(16)17-3/h14-17H,4-13H2,1-3H3. The Bertz CT molecular complexity index is 248. The van der Waals surface area contributed by atoms with Crippen LogP contribution in [0.15, 0.2) is 0 Å². The van der Waals surface area contributed by atoms with E-state index in [-0.39, 0.29) is 0 Å². The summed E-state index contributed by atoms with van der Waals surface area (Å²) in [6.07, 6.45) is 6.86. The topological polar surface area (TPSA) is 18.5 Å². The summed E-state index contributed by atoms with van der Waals surface area (Å²) in [6.45, 7) is 11.0. The molecule has 1 N–H and O–H groups in total. The molecule has 2 aliphatic rings. The van der Waals surface area contributed by atoms with Gasteiger partial charge in [-0.25, -0.2) is 0 Å². The largest absolute Gasteiger partial charge is 0.315 e. The van der Waals surface area contributed by atoms with Crippen LogP contribution in [0.3, 0.4) is 0 Å². The number of nitrogens with zero attached hydrogens (tertiary/aromatic N) is 2. The molecule has 0 aromatic rings. The number of hydrogen-bond donors (Lipinski definition) is 1. The fourth-order valence-corrected chi connectivity index (χ4v) is 3.98. The lowest BCUT2D eigenvalue weighted by molar-refractivity contribution is 0.0490. The highest BCUT2D eigenvalue weighted by molar-refractivity contribution is 4.92. The average molecular weight is 267 g/mol. The minimum Gasteiger partial charge on any atom is -0.315 e. The average Bonchev–Trinajstić information content (AvgIpc) is 2.47. The third-order valence-corrected chi connectivity index (χ3v) is 5.29. The van der Waals surface area contributed by atoms with Gasteiger partial charge in [-0.15, -0.1) is 0 Å². The Labute approximate surface area is 119 Å². The predicted octanol–water partition coefficient (Wildman–Crippen LogP) is 2.18. The molecule has 0 spiro atoms. The number of hydrogen-bond acceptors (Lipinski definition) is 3. The van der Waals surface area contributed by atoms with Crippen LogP contribution in [0, 0.1) is 5.92 Å². The summed E-state index contributed by atoms with van der Waals surface area (Å²) in [5.41, 5.74) is 0. The van der Waals surface area contributed by atoms with Crippen molar-refractivity contribution in [2.75, 3.05) is 39.8 Å². The highest BCUT2D eigenvalue weighted by Crippen LogP contribution is 2.30. The SMILES string of the molecule is CCCN1CCN(C2CC(CC)CCC2NC)CC1. The molecule has 1 aliphatic carbocycles. The summed E-state index contributed by atoms with van der Waals surface area (Å²) in [4.78, 5) is 5.40. The second kappa shape index (κ2) is 7.61. The maximum Gasteiger partial charge on any atom is 0.0252 e. The van der Waals surface area contributed by atoms with Gasteiger partial charge in [0.2, 0.25) is 0 Å². The molecule has 0 aromatic carbocycles. The molecule has 1 saturated carbocycles. The Balaban J connectivity index is 1.88. The first-order valence-corrected chi connectivity index (χ1v) is 8.42. The van der Waals surface area contributed by atoms with Crippen LogP contribution >= 0.6 is 0 Å². The van der Waals surface area contributed by atoms with Crippen LogP contribution in [0.4, 0.5) is 0 Å². The van der Waals surface area contributed by atoms with Gasteiger partial charge in [-0.3, -0.25) is 4.90 Å². The first kappa shape index (κ1) is 15.3. The van der Waals surface area contributed by atoms with E-state index < -0.39 is 0 Å². The van der Waals surface area contributed by atoms with Gasteiger partial charge >= 0.3 is 0 Å². The fourth-order valence-electron chi connectivity index (χ4n) is 3.98. The minimum atomic E-state index is 0.723. The fraction of sp³-hybridized carbons (Fsp3) is 1.00. The van der Waals surface area contributed by atoms with E-state index in [4.69, 9.17) is 0 Å². The molecule has 2 fully saturated rings. The number of rotatable bonds is 5. The molecule has 0 bridgehead atoms. The van der Waals surface area contributed by atoms with Crippen molar-refractivity contribution in [2.45, 2.75) is 58.0 Å². The van der Waals surface area contributed by atoms with Gasteiger partial charge in [0, 0.05) is 38.3 Å². The molecule has 1 heterocycles. The Hall–Kier alpha value is -0.120. The molecule has 0 aromatic heterocycles. The van der Waals surface area contributed by atoms with Crippen LogP contribution in [0.25, 0.3) is 0 Å². The zero-order chi connectivity index (χ0) is 13.7. The highest BCUT2D eigenvalue weighted by Gasteiger charge is 2.34. The summed E-state index contributed by atoms with van der Waals surface area (Å²) in [5, 5.41) is 3.58. The molecular formula is C16H33N3. The molecule has 3 unspecified atom stereocenters. The summed E-state index contributed by atoms with van der Waals surface area (Å²) in [7, 11) is 2.15. The van der Waals surface area contributed by atoms with Crippen molar-refractivity contribution >= 4 is 0 Å². The lowest BCUT2D eigenvalue weighted by atomic mass is 9.80.